The van der Waals surface area contributed by atoms with Crippen molar-refractivity contribution in [3.63, 3.8) is 0 Å². The number of ether oxygens (including phenoxy) is 2. The van der Waals surface area contributed by atoms with E-state index in [9.17, 15) is 9.59 Å². The number of nitriles is 2. The molecular formula is C9H10N2O4S2. The molecule has 0 aliphatic rings. The number of nitrogens with zero attached hydrogens (tertiary/aromatic N) is 2. The predicted molar refractivity (Wildman–Crippen MR) is 62.4 cm³/mol. The predicted octanol–water partition coefficient (Wildman–Crippen LogP) is 1.24. The smallest absolute Gasteiger partial charge is 0.305 e. The summed E-state index contributed by atoms with van der Waals surface area (Å²) < 4.78 is 9.59. The first-order chi connectivity index (χ1) is 8.01. The maximum absolute atomic E-state index is 10.8. The lowest BCUT2D eigenvalue weighted by Gasteiger charge is -2.22. The Morgan fingerprint density at radius 3 is 2.06 bits per heavy atom. The van der Waals surface area contributed by atoms with E-state index in [0.717, 1.165) is 23.5 Å². The van der Waals surface area contributed by atoms with Crippen molar-refractivity contribution in [3.05, 3.63) is 0 Å². The lowest BCUT2D eigenvalue weighted by molar-refractivity contribution is -0.183. The number of rotatable bonds is 6. The van der Waals surface area contributed by atoms with Crippen LogP contribution in [0.25, 0.3) is 0 Å². The molecule has 0 bridgehead atoms. The van der Waals surface area contributed by atoms with E-state index in [0.29, 0.717) is 0 Å². The summed E-state index contributed by atoms with van der Waals surface area (Å²) in [5.41, 5.74) is 0. The Morgan fingerprint density at radius 1 is 1.18 bits per heavy atom. The quantitative estimate of drug-likeness (QED) is 0.405. The van der Waals surface area contributed by atoms with E-state index >= 15 is 0 Å². The first-order valence-electron chi connectivity index (χ1n) is 4.41. The van der Waals surface area contributed by atoms with Gasteiger partial charge in [-0.2, -0.15) is 10.5 Å². The summed E-state index contributed by atoms with van der Waals surface area (Å²) in [6.45, 7) is 2.34. The summed E-state index contributed by atoms with van der Waals surface area (Å²) in [4.78, 5) is 21.7. The molecule has 0 saturated heterocycles. The monoisotopic (exact) mass is 274 g/mol. The Kier molecular flexibility index (Phi) is 8.03. The van der Waals surface area contributed by atoms with Crippen LogP contribution < -0.4 is 0 Å². The number of thiocyanates is 2. The second-order valence-corrected chi connectivity index (χ2v) is 4.57. The minimum atomic E-state index is -1.16. The van der Waals surface area contributed by atoms with Crippen LogP contribution in [0.1, 0.15) is 13.8 Å². The molecule has 0 fully saturated rings. The standard InChI is InChI=1S/C9H10N2O4S2/c1-6(12)14-9(15-7(2)13)8(17-5-11)3-16-4-10/h8-9H,3H2,1-2H3/t8-/m0/s1. The van der Waals surface area contributed by atoms with Gasteiger partial charge in [-0.15, -0.1) is 0 Å². The highest BCUT2D eigenvalue weighted by Crippen LogP contribution is 2.21. The van der Waals surface area contributed by atoms with Crippen molar-refractivity contribution in [1.82, 2.24) is 0 Å². The molecule has 8 heteroatoms. The van der Waals surface area contributed by atoms with Gasteiger partial charge in [-0.25, -0.2) is 0 Å². The van der Waals surface area contributed by atoms with Gasteiger partial charge < -0.3 is 9.47 Å². The molecular weight excluding hydrogens is 264 g/mol. The average Bonchev–Trinajstić information content (AvgIpc) is 2.22. The van der Waals surface area contributed by atoms with Gasteiger partial charge in [0.2, 0.25) is 0 Å². The summed E-state index contributed by atoms with van der Waals surface area (Å²) in [6.07, 6.45) is -1.16. The summed E-state index contributed by atoms with van der Waals surface area (Å²) in [7, 11) is 0. The molecule has 0 radical (unpaired) electrons. The van der Waals surface area contributed by atoms with Crippen LogP contribution in [0.5, 0.6) is 0 Å². The van der Waals surface area contributed by atoms with Crippen molar-refractivity contribution in [3.8, 4) is 10.8 Å². The van der Waals surface area contributed by atoms with Gasteiger partial charge in [-0.1, -0.05) is 0 Å². The van der Waals surface area contributed by atoms with Crippen molar-refractivity contribution >= 4 is 35.5 Å². The largest absolute Gasteiger partial charge is 0.424 e. The van der Waals surface area contributed by atoms with Crippen LogP contribution in [-0.4, -0.2) is 29.2 Å². The molecule has 0 heterocycles. The number of hydrogen-bond donors (Lipinski definition) is 0. The zero-order valence-corrected chi connectivity index (χ0v) is 10.8. The lowest BCUT2D eigenvalue weighted by Crippen LogP contribution is -2.34. The van der Waals surface area contributed by atoms with Gasteiger partial charge in [0, 0.05) is 19.6 Å². The molecule has 0 aromatic carbocycles. The third-order valence-electron chi connectivity index (χ3n) is 1.38. The number of carbonyl (C=O) groups is 2. The van der Waals surface area contributed by atoms with Gasteiger partial charge in [0.05, 0.1) is 0 Å². The second kappa shape index (κ2) is 8.74. The van der Waals surface area contributed by atoms with E-state index in [1.54, 1.807) is 0 Å². The molecule has 0 rings (SSSR count). The first-order valence-corrected chi connectivity index (χ1v) is 6.27. The first kappa shape index (κ1) is 15.6. The van der Waals surface area contributed by atoms with Gasteiger partial charge in [0.1, 0.15) is 16.1 Å². The maximum Gasteiger partial charge on any atom is 0.305 e. The van der Waals surface area contributed by atoms with Crippen LogP contribution in [-0.2, 0) is 19.1 Å². The van der Waals surface area contributed by atoms with Crippen LogP contribution >= 0.6 is 23.5 Å². The maximum atomic E-state index is 10.8. The number of carbonyl (C=O) groups excluding carboxylic acids is 2. The number of hydrogen-bond acceptors (Lipinski definition) is 8. The van der Waals surface area contributed by atoms with Crippen LogP contribution in [0.3, 0.4) is 0 Å². The zero-order chi connectivity index (χ0) is 13.3. The van der Waals surface area contributed by atoms with E-state index < -0.39 is 23.5 Å². The molecule has 0 aliphatic heterocycles. The number of esters is 2. The molecule has 1 atom stereocenters. The Bertz CT molecular complexity index is 345. The Balaban J connectivity index is 4.67. The fourth-order valence-electron chi connectivity index (χ4n) is 0.858. The highest BCUT2D eigenvalue weighted by atomic mass is 32.2. The van der Waals surface area contributed by atoms with Crippen LogP contribution in [0.2, 0.25) is 0 Å². The van der Waals surface area contributed by atoms with Crippen molar-refractivity contribution in [2.45, 2.75) is 25.4 Å². The third kappa shape index (κ3) is 7.50. The highest BCUT2D eigenvalue weighted by Gasteiger charge is 2.28. The SMILES string of the molecule is CC(=O)OC(OC(C)=O)[C@H](CSC#N)SC#N. The molecule has 6 nitrogen and oxygen atoms in total. The van der Waals surface area contributed by atoms with Gasteiger partial charge in [0.15, 0.2) is 0 Å². The molecule has 0 spiro atoms. The van der Waals surface area contributed by atoms with Crippen molar-refractivity contribution in [2.24, 2.45) is 0 Å². The highest BCUT2D eigenvalue weighted by molar-refractivity contribution is 8.07. The molecule has 92 valence electrons. The van der Waals surface area contributed by atoms with Crippen molar-refractivity contribution in [2.75, 3.05) is 5.75 Å². The molecule has 0 aromatic heterocycles. The van der Waals surface area contributed by atoms with Crippen molar-refractivity contribution < 1.29 is 19.1 Å². The van der Waals surface area contributed by atoms with Gasteiger partial charge in [-0.3, -0.25) is 9.59 Å². The van der Waals surface area contributed by atoms with Crippen LogP contribution in [0.15, 0.2) is 0 Å². The third-order valence-corrected chi connectivity index (χ3v) is 3.05. The second-order valence-electron chi connectivity index (χ2n) is 2.74. The van der Waals surface area contributed by atoms with E-state index in [-0.39, 0.29) is 5.75 Å². The molecule has 0 unspecified atom stereocenters. The summed E-state index contributed by atoms with van der Waals surface area (Å²) in [5.74, 6) is -1.04. The fraction of sp³-hybridized carbons (Fsp3) is 0.556. The van der Waals surface area contributed by atoms with E-state index in [1.807, 2.05) is 10.8 Å². The van der Waals surface area contributed by atoms with E-state index in [2.05, 4.69) is 0 Å². The van der Waals surface area contributed by atoms with Crippen molar-refractivity contribution in [1.29, 1.82) is 10.5 Å². The Labute approximate surface area is 107 Å². The minimum absolute atomic E-state index is 0.208. The summed E-state index contributed by atoms with van der Waals surface area (Å²) >= 11 is 1.68. The molecule has 0 amide bonds. The Morgan fingerprint density at radius 2 is 1.71 bits per heavy atom. The van der Waals surface area contributed by atoms with Gasteiger partial charge in [-0.05, 0) is 23.5 Å². The molecule has 0 aliphatic carbocycles. The lowest BCUT2D eigenvalue weighted by atomic mass is 10.4. The minimum Gasteiger partial charge on any atom is -0.424 e. The molecule has 0 N–H and O–H groups in total. The topological polar surface area (TPSA) is 100 Å². The van der Waals surface area contributed by atoms with E-state index in [4.69, 9.17) is 20.0 Å². The molecule has 0 aromatic rings. The van der Waals surface area contributed by atoms with E-state index in [1.165, 1.54) is 13.8 Å². The van der Waals surface area contributed by atoms with Gasteiger partial charge in [0.25, 0.3) is 6.29 Å². The molecule has 0 saturated carbocycles. The van der Waals surface area contributed by atoms with Crippen LogP contribution in [0.4, 0.5) is 0 Å². The van der Waals surface area contributed by atoms with Gasteiger partial charge >= 0.3 is 11.9 Å². The average molecular weight is 274 g/mol. The normalized spacial score (nSPS) is 11.1. The molecule has 17 heavy (non-hydrogen) atoms. The van der Waals surface area contributed by atoms with Crippen LogP contribution in [0, 0.1) is 21.3 Å². The summed E-state index contributed by atoms with van der Waals surface area (Å²) in [5, 5.41) is 20.1. The fourth-order valence-corrected chi connectivity index (χ4v) is 2.09. The Hall–Kier alpha value is -1.38. The zero-order valence-electron chi connectivity index (χ0n) is 9.21. The summed E-state index contributed by atoms with van der Waals surface area (Å²) in [6, 6.07) is 0. The number of thioether (sulfide) groups is 2.